The SMILES string of the molecule is FC(F)(F)Oc1ccc(-c2cccc3cc(CCn4cc(-c5cccnc5)cn4)[nH]c23)cc1. The van der Waals surface area contributed by atoms with Crippen LogP contribution >= 0.6 is 0 Å². The highest BCUT2D eigenvalue weighted by Gasteiger charge is 2.31. The second-order valence-electron chi connectivity index (χ2n) is 7.62. The molecule has 0 unspecified atom stereocenters. The molecule has 3 aromatic heterocycles. The third kappa shape index (κ3) is 4.74. The van der Waals surface area contributed by atoms with Gasteiger partial charge in [0.2, 0.25) is 0 Å². The molecule has 5 rings (SSSR count). The number of nitrogens with one attached hydrogen (secondary N) is 1. The Hall–Kier alpha value is -4.07. The molecule has 8 heteroatoms. The Morgan fingerprint density at radius 2 is 1.76 bits per heavy atom. The number of hydrogen-bond donors (Lipinski definition) is 1. The van der Waals surface area contributed by atoms with Crippen LogP contribution < -0.4 is 4.74 Å². The van der Waals surface area contributed by atoms with E-state index in [-0.39, 0.29) is 5.75 Å². The lowest BCUT2D eigenvalue weighted by Crippen LogP contribution is -2.16. The van der Waals surface area contributed by atoms with Crippen molar-refractivity contribution in [3.8, 4) is 28.0 Å². The predicted octanol–water partition coefficient (Wildman–Crippen LogP) is 6.23. The molecule has 0 fully saturated rings. The summed E-state index contributed by atoms with van der Waals surface area (Å²) in [5.41, 5.74) is 5.74. The molecule has 1 N–H and O–H groups in total. The molecule has 0 amide bonds. The van der Waals surface area contributed by atoms with Crippen molar-refractivity contribution in [3.63, 3.8) is 0 Å². The lowest BCUT2D eigenvalue weighted by Gasteiger charge is -2.09. The van der Waals surface area contributed by atoms with Crippen LogP contribution in [0.25, 0.3) is 33.2 Å². The third-order valence-corrected chi connectivity index (χ3v) is 5.35. The van der Waals surface area contributed by atoms with E-state index >= 15 is 0 Å². The molecule has 0 saturated carbocycles. The molecule has 0 aliphatic rings. The quantitative estimate of drug-likeness (QED) is 0.335. The van der Waals surface area contributed by atoms with E-state index in [4.69, 9.17) is 0 Å². The molecule has 166 valence electrons. The van der Waals surface area contributed by atoms with Crippen LogP contribution in [0.4, 0.5) is 13.2 Å². The first-order chi connectivity index (χ1) is 15.9. The highest BCUT2D eigenvalue weighted by atomic mass is 19.4. The summed E-state index contributed by atoms with van der Waals surface area (Å²) in [6, 6.07) is 17.8. The van der Waals surface area contributed by atoms with Gasteiger partial charge in [0.15, 0.2) is 0 Å². The van der Waals surface area contributed by atoms with Gasteiger partial charge in [0, 0.05) is 59.3 Å². The van der Waals surface area contributed by atoms with Crippen molar-refractivity contribution in [1.82, 2.24) is 19.7 Å². The van der Waals surface area contributed by atoms with E-state index in [2.05, 4.69) is 25.9 Å². The normalized spacial score (nSPS) is 11.7. The van der Waals surface area contributed by atoms with Crippen molar-refractivity contribution in [1.29, 1.82) is 0 Å². The van der Waals surface area contributed by atoms with E-state index in [1.165, 1.54) is 12.1 Å². The van der Waals surface area contributed by atoms with E-state index in [1.54, 1.807) is 18.3 Å². The molecule has 0 saturated heterocycles. The number of benzene rings is 2. The molecule has 5 nitrogen and oxygen atoms in total. The van der Waals surface area contributed by atoms with Gasteiger partial charge in [-0.1, -0.05) is 36.4 Å². The molecule has 0 spiro atoms. The maximum atomic E-state index is 12.4. The second kappa shape index (κ2) is 8.46. The molecule has 5 aromatic rings. The summed E-state index contributed by atoms with van der Waals surface area (Å²) in [7, 11) is 0. The smallest absolute Gasteiger partial charge is 0.406 e. The number of fused-ring (bicyclic) bond motifs is 1. The van der Waals surface area contributed by atoms with Crippen molar-refractivity contribution in [2.24, 2.45) is 0 Å². The number of hydrogen-bond acceptors (Lipinski definition) is 3. The summed E-state index contributed by atoms with van der Waals surface area (Å²) in [6.45, 7) is 0.700. The molecule has 0 radical (unpaired) electrons. The highest BCUT2D eigenvalue weighted by Crippen LogP contribution is 2.31. The summed E-state index contributed by atoms with van der Waals surface area (Å²) >= 11 is 0. The Balaban J connectivity index is 1.33. The molecule has 0 aliphatic carbocycles. The van der Waals surface area contributed by atoms with Gasteiger partial charge in [-0.3, -0.25) is 9.67 Å². The Morgan fingerprint density at radius 3 is 2.52 bits per heavy atom. The van der Waals surface area contributed by atoms with E-state index < -0.39 is 6.36 Å². The number of rotatable bonds is 6. The maximum absolute atomic E-state index is 12.4. The molecule has 0 atom stereocenters. The van der Waals surface area contributed by atoms with Crippen LogP contribution in [0.2, 0.25) is 0 Å². The number of alkyl halides is 3. The van der Waals surface area contributed by atoms with Gasteiger partial charge in [0.05, 0.1) is 11.7 Å². The molecule has 0 aliphatic heterocycles. The van der Waals surface area contributed by atoms with Crippen LogP contribution in [0.3, 0.4) is 0 Å². The number of para-hydroxylation sites is 1. The number of pyridine rings is 1. The fraction of sp³-hybridized carbons (Fsp3) is 0.120. The van der Waals surface area contributed by atoms with E-state index in [0.717, 1.165) is 45.3 Å². The summed E-state index contributed by atoms with van der Waals surface area (Å²) in [6.07, 6.45) is 3.41. The first kappa shape index (κ1) is 20.8. The average molecular weight is 448 g/mol. The van der Waals surface area contributed by atoms with Crippen molar-refractivity contribution >= 4 is 10.9 Å². The van der Waals surface area contributed by atoms with E-state index in [1.807, 2.05) is 53.6 Å². The zero-order valence-corrected chi connectivity index (χ0v) is 17.4. The van der Waals surface area contributed by atoms with Gasteiger partial charge in [0.25, 0.3) is 0 Å². The summed E-state index contributed by atoms with van der Waals surface area (Å²) in [5.74, 6) is -0.240. The first-order valence-electron chi connectivity index (χ1n) is 10.3. The monoisotopic (exact) mass is 448 g/mol. The summed E-state index contributed by atoms with van der Waals surface area (Å²) in [4.78, 5) is 7.60. The Bertz CT molecular complexity index is 1370. The minimum Gasteiger partial charge on any atom is -0.406 e. The summed E-state index contributed by atoms with van der Waals surface area (Å²) < 4.78 is 43.1. The van der Waals surface area contributed by atoms with Gasteiger partial charge in [0.1, 0.15) is 5.75 Å². The number of aromatic nitrogens is 4. The van der Waals surface area contributed by atoms with Gasteiger partial charge in [-0.05, 0) is 29.8 Å². The van der Waals surface area contributed by atoms with Gasteiger partial charge in [-0.15, -0.1) is 13.2 Å². The number of aromatic amines is 1. The molecule has 3 heterocycles. The van der Waals surface area contributed by atoms with Crippen molar-refractivity contribution < 1.29 is 17.9 Å². The lowest BCUT2D eigenvalue weighted by atomic mass is 10.0. The van der Waals surface area contributed by atoms with Gasteiger partial charge in [-0.2, -0.15) is 5.10 Å². The van der Waals surface area contributed by atoms with Crippen molar-refractivity contribution in [2.75, 3.05) is 0 Å². The van der Waals surface area contributed by atoms with Gasteiger partial charge >= 0.3 is 6.36 Å². The van der Waals surface area contributed by atoms with Crippen molar-refractivity contribution in [2.45, 2.75) is 19.3 Å². The van der Waals surface area contributed by atoms with Crippen LogP contribution in [-0.2, 0) is 13.0 Å². The molecule has 33 heavy (non-hydrogen) atoms. The van der Waals surface area contributed by atoms with Gasteiger partial charge in [-0.25, -0.2) is 0 Å². The van der Waals surface area contributed by atoms with E-state index in [9.17, 15) is 13.2 Å². The second-order valence-corrected chi connectivity index (χ2v) is 7.62. The molecule has 0 bridgehead atoms. The number of ether oxygens (including phenoxy) is 1. The van der Waals surface area contributed by atoms with Crippen LogP contribution in [0.1, 0.15) is 5.69 Å². The van der Waals surface area contributed by atoms with E-state index in [0.29, 0.717) is 6.54 Å². The molecule has 2 aromatic carbocycles. The lowest BCUT2D eigenvalue weighted by molar-refractivity contribution is -0.274. The van der Waals surface area contributed by atoms with Crippen molar-refractivity contribution in [3.05, 3.63) is 91.1 Å². The zero-order chi connectivity index (χ0) is 22.8. The highest BCUT2D eigenvalue weighted by molar-refractivity contribution is 5.94. The fourth-order valence-corrected chi connectivity index (χ4v) is 3.83. The number of H-pyrrole nitrogens is 1. The Kier molecular flexibility index (Phi) is 5.34. The topological polar surface area (TPSA) is 55.7 Å². The van der Waals surface area contributed by atoms with Crippen LogP contribution in [0.5, 0.6) is 5.75 Å². The number of nitrogens with zero attached hydrogens (tertiary/aromatic N) is 3. The summed E-state index contributed by atoms with van der Waals surface area (Å²) in [5, 5.41) is 5.48. The van der Waals surface area contributed by atoms with Crippen LogP contribution in [-0.4, -0.2) is 26.1 Å². The largest absolute Gasteiger partial charge is 0.573 e. The van der Waals surface area contributed by atoms with Crippen LogP contribution in [0, 0.1) is 0 Å². The molecular weight excluding hydrogens is 429 g/mol. The first-order valence-corrected chi connectivity index (χ1v) is 10.3. The number of aryl methyl sites for hydroxylation is 2. The number of halogens is 3. The minimum atomic E-state index is -4.71. The van der Waals surface area contributed by atoms with Gasteiger partial charge < -0.3 is 9.72 Å². The average Bonchev–Trinajstić information content (AvgIpc) is 3.44. The standard InChI is InChI=1S/C25H19F3N4O/c26-25(27,28)33-22-8-6-17(7-9-22)23-5-1-3-18-13-21(31-24(18)23)10-12-32-16-20(15-30-32)19-4-2-11-29-14-19/h1-9,11,13-16,31H,10,12H2. The minimum absolute atomic E-state index is 0.240. The fourth-order valence-electron chi connectivity index (χ4n) is 3.83. The van der Waals surface area contributed by atoms with Crippen LogP contribution in [0.15, 0.2) is 85.5 Å². The predicted molar refractivity (Wildman–Crippen MR) is 120 cm³/mol. The Morgan fingerprint density at radius 1 is 0.909 bits per heavy atom. The third-order valence-electron chi connectivity index (χ3n) is 5.35. The Labute approximate surface area is 187 Å². The molecular formula is C25H19F3N4O. The zero-order valence-electron chi connectivity index (χ0n) is 17.4. The maximum Gasteiger partial charge on any atom is 0.573 e.